The number of hydrogen-bond donors (Lipinski definition) is 2. The molecule has 1 amide bonds. The summed E-state index contributed by atoms with van der Waals surface area (Å²) in [5, 5.41) is 2.75. The number of carbonyl (C=O) groups excluding carboxylic acids is 1. The molecule has 3 N–H and O–H groups in total. The van der Waals surface area contributed by atoms with Gasteiger partial charge in [0, 0.05) is 25.4 Å². The van der Waals surface area contributed by atoms with E-state index in [1.54, 1.807) is 12.1 Å². The molecule has 0 aliphatic rings. The number of anilines is 1. The van der Waals surface area contributed by atoms with Gasteiger partial charge in [-0.1, -0.05) is 19.9 Å². The maximum atomic E-state index is 11.8. The van der Waals surface area contributed by atoms with Gasteiger partial charge in [0.25, 0.3) is 5.91 Å². The van der Waals surface area contributed by atoms with Gasteiger partial charge < -0.3 is 20.5 Å². The predicted molar refractivity (Wildman–Crippen MR) is 75.3 cm³/mol. The molecule has 5 heteroatoms. The Labute approximate surface area is 114 Å². The average molecular weight is 266 g/mol. The Morgan fingerprint density at radius 3 is 2.74 bits per heavy atom. The normalized spacial score (nSPS) is 12.3. The minimum atomic E-state index is -0.639. The molecule has 0 saturated heterocycles. The predicted octanol–water partition coefficient (Wildman–Crippen LogP) is 1.63. The lowest BCUT2D eigenvalue weighted by Crippen LogP contribution is -2.35. The van der Waals surface area contributed by atoms with E-state index in [9.17, 15) is 4.79 Å². The lowest BCUT2D eigenvalue weighted by Gasteiger charge is -2.14. The molecule has 19 heavy (non-hydrogen) atoms. The van der Waals surface area contributed by atoms with E-state index in [-0.39, 0.29) is 12.5 Å². The summed E-state index contributed by atoms with van der Waals surface area (Å²) in [6.07, 6.45) is -0.639. The van der Waals surface area contributed by atoms with Crippen molar-refractivity contribution in [1.82, 2.24) is 0 Å². The lowest BCUT2D eigenvalue weighted by molar-refractivity contribution is -0.125. The summed E-state index contributed by atoms with van der Waals surface area (Å²) in [7, 11) is 1.46. The molecule has 1 atom stereocenters. The fraction of sp³-hybridized carbons (Fsp3) is 0.500. The van der Waals surface area contributed by atoms with Crippen LogP contribution in [0.25, 0.3) is 0 Å². The maximum absolute atomic E-state index is 11.8. The molecule has 1 rings (SSSR count). The standard InChI is InChI=1S/C14H22N2O3/c1-10(2)9-19-12-6-4-5-11(7-12)16-14(17)13(8-15)18-3/h4-7,10,13H,8-9,15H2,1-3H3,(H,16,17). The Morgan fingerprint density at radius 1 is 1.42 bits per heavy atom. The van der Waals surface area contributed by atoms with Crippen LogP contribution in [0.5, 0.6) is 5.75 Å². The number of hydrogen-bond acceptors (Lipinski definition) is 4. The van der Waals surface area contributed by atoms with Gasteiger partial charge in [0.1, 0.15) is 11.9 Å². The summed E-state index contributed by atoms with van der Waals surface area (Å²) in [5.74, 6) is 0.924. The molecule has 0 saturated carbocycles. The SMILES string of the molecule is COC(CN)C(=O)Nc1cccc(OCC(C)C)c1. The summed E-state index contributed by atoms with van der Waals surface area (Å²) in [6.45, 7) is 4.94. The summed E-state index contributed by atoms with van der Waals surface area (Å²) in [6, 6.07) is 7.26. The highest BCUT2D eigenvalue weighted by Crippen LogP contribution is 2.18. The van der Waals surface area contributed by atoms with Gasteiger partial charge in [-0.05, 0) is 18.1 Å². The molecule has 0 bridgehead atoms. The van der Waals surface area contributed by atoms with Crippen molar-refractivity contribution in [2.45, 2.75) is 20.0 Å². The van der Waals surface area contributed by atoms with E-state index < -0.39 is 6.10 Å². The molecule has 1 aromatic carbocycles. The van der Waals surface area contributed by atoms with Gasteiger partial charge in [0.05, 0.1) is 6.61 Å². The molecule has 1 aromatic rings. The molecule has 106 valence electrons. The first-order valence-corrected chi connectivity index (χ1v) is 6.33. The molecule has 0 aromatic heterocycles. The monoisotopic (exact) mass is 266 g/mol. The van der Waals surface area contributed by atoms with Crippen LogP contribution in [0.4, 0.5) is 5.69 Å². The molecule has 0 fully saturated rings. The lowest BCUT2D eigenvalue weighted by atomic mass is 10.2. The largest absolute Gasteiger partial charge is 0.493 e. The van der Waals surface area contributed by atoms with E-state index >= 15 is 0 Å². The topological polar surface area (TPSA) is 73.6 Å². The van der Waals surface area contributed by atoms with E-state index in [0.29, 0.717) is 18.2 Å². The third-order valence-electron chi connectivity index (χ3n) is 2.48. The van der Waals surface area contributed by atoms with Crippen LogP contribution in [-0.2, 0) is 9.53 Å². The molecule has 0 aliphatic carbocycles. The molecule has 0 aliphatic heterocycles. The van der Waals surface area contributed by atoms with Crippen molar-refractivity contribution < 1.29 is 14.3 Å². The number of carbonyl (C=O) groups is 1. The van der Waals surface area contributed by atoms with E-state index in [2.05, 4.69) is 19.2 Å². The highest BCUT2D eigenvalue weighted by Gasteiger charge is 2.15. The quantitative estimate of drug-likeness (QED) is 0.786. The number of nitrogens with two attached hydrogens (primary N) is 1. The van der Waals surface area contributed by atoms with Gasteiger partial charge in [-0.15, -0.1) is 0 Å². The van der Waals surface area contributed by atoms with Crippen molar-refractivity contribution in [2.24, 2.45) is 11.7 Å². The van der Waals surface area contributed by atoms with Crippen molar-refractivity contribution in [2.75, 3.05) is 25.6 Å². The zero-order chi connectivity index (χ0) is 14.3. The van der Waals surface area contributed by atoms with E-state index in [1.165, 1.54) is 7.11 Å². The molecule has 5 nitrogen and oxygen atoms in total. The Balaban J connectivity index is 2.63. The van der Waals surface area contributed by atoms with Crippen LogP contribution in [0.1, 0.15) is 13.8 Å². The Bertz CT molecular complexity index is 403. The second-order valence-electron chi connectivity index (χ2n) is 4.68. The molecular formula is C14H22N2O3. The molecule has 1 unspecified atom stereocenters. The van der Waals surface area contributed by atoms with Gasteiger partial charge in [0.15, 0.2) is 0 Å². The van der Waals surface area contributed by atoms with Crippen molar-refractivity contribution in [3.8, 4) is 5.75 Å². The van der Waals surface area contributed by atoms with Crippen LogP contribution in [0.15, 0.2) is 24.3 Å². The van der Waals surface area contributed by atoms with Gasteiger partial charge in [-0.3, -0.25) is 4.79 Å². The third kappa shape index (κ3) is 5.28. The second kappa shape index (κ2) is 7.76. The highest BCUT2D eigenvalue weighted by molar-refractivity contribution is 5.94. The minimum absolute atomic E-state index is 0.145. The first-order valence-electron chi connectivity index (χ1n) is 6.33. The van der Waals surface area contributed by atoms with Crippen molar-refractivity contribution in [1.29, 1.82) is 0 Å². The smallest absolute Gasteiger partial charge is 0.254 e. The summed E-state index contributed by atoms with van der Waals surface area (Å²) < 4.78 is 10.6. The summed E-state index contributed by atoms with van der Waals surface area (Å²) in [4.78, 5) is 11.8. The number of amides is 1. The van der Waals surface area contributed by atoms with Gasteiger partial charge in [-0.25, -0.2) is 0 Å². The fourth-order valence-corrected chi connectivity index (χ4v) is 1.46. The Hall–Kier alpha value is -1.59. The van der Waals surface area contributed by atoms with Crippen LogP contribution in [-0.4, -0.2) is 32.3 Å². The van der Waals surface area contributed by atoms with Crippen molar-refractivity contribution in [3.05, 3.63) is 24.3 Å². The third-order valence-corrected chi connectivity index (χ3v) is 2.48. The summed E-state index contributed by atoms with van der Waals surface area (Å²) in [5.41, 5.74) is 6.11. The van der Waals surface area contributed by atoms with Crippen LogP contribution < -0.4 is 15.8 Å². The zero-order valence-corrected chi connectivity index (χ0v) is 11.7. The van der Waals surface area contributed by atoms with Crippen molar-refractivity contribution in [3.63, 3.8) is 0 Å². The maximum Gasteiger partial charge on any atom is 0.254 e. The van der Waals surface area contributed by atoms with E-state index in [4.69, 9.17) is 15.2 Å². The van der Waals surface area contributed by atoms with Crippen LogP contribution in [0.3, 0.4) is 0 Å². The number of benzene rings is 1. The first-order chi connectivity index (χ1) is 9.06. The fourth-order valence-electron chi connectivity index (χ4n) is 1.46. The van der Waals surface area contributed by atoms with Gasteiger partial charge in [-0.2, -0.15) is 0 Å². The average Bonchev–Trinajstić information content (AvgIpc) is 2.38. The highest BCUT2D eigenvalue weighted by atomic mass is 16.5. The van der Waals surface area contributed by atoms with Crippen LogP contribution >= 0.6 is 0 Å². The number of nitrogens with one attached hydrogen (secondary N) is 1. The molecular weight excluding hydrogens is 244 g/mol. The van der Waals surface area contributed by atoms with Crippen molar-refractivity contribution >= 4 is 11.6 Å². The van der Waals surface area contributed by atoms with E-state index in [0.717, 1.165) is 5.75 Å². The van der Waals surface area contributed by atoms with Gasteiger partial charge in [0.2, 0.25) is 0 Å². The molecule has 0 heterocycles. The summed E-state index contributed by atoms with van der Waals surface area (Å²) >= 11 is 0. The Kier molecular flexibility index (Phi) is 6.32. The van der Waals surface area contributed by atoms with Crippen LogP contribution in [0, 0.1) is 5.92 Å². The molecule has 0 spiro atoms. The number of rotatable bonds is 7. The Morgan fingerprint density at radius 2 is 2.16 bits per heavy atom. The van der Waals surface area contributed by atoms with Crippen LogP contribution in [0.2, 0.25) is 0 Å². The number of ether oxygens (including phenoxy) is 2. The number of methoxy groups -OCH3 is 1. The van der Waals surface area contributed by atoms with E-state index in [1.807, 2.05) is 12.1 Å². The van der Waals surface area contributed by atoms with Gasteiger partial charge >= 0.3 is 0 Å². The second-order valence-corrected chi connectivity index (χ2v) is 4.68. The zero-order valence-electron chi connectivity index (χ0n) is 11.7. The first kappa shape index (κ1) is 15.5. The molecule has 0 radical (unpaired) electrons. The minimum Gasteiger partial charge on any atom is -0.493 e.